The van der Waals surface area contributed by atoms with Crippen LogP contribution in [-0.4, -0.2) is 29.4 Å². The number of carbonyl (C=O) groups is 2. The van der Waals surface area contributed by atoms with Crippen molar-refractivity contribution in [3.8, 4) is 11.3 Å². The zero-order valence-electron chi connectivity index (χ0n) is 20.7. The third kappa shape index (κ3) is 6.16. The van der Waals surface area contributed by atoms with Crippen LogP contribution in [0.3, 0.4) is 0 Å². The molecule has 2 heterocycles. The normalized spacial score (nSPS) is 13.7. The Labute approximate surface area is 214 Å². The van der Waals surface area contributed by atoms with Gasteiger partial charge in [-0.3, -0.25) is 14.6 Å². The molecule has 0 unspecified atom stereocenters. The number of rotatable bonds is 9. The van der Waals surface area contributed by atoms with E-state index in [0.29, 0.717) is 52.3 Å². The van der Waals surface area contributed by atoms with Crippen molar-refractivity contribution >= 4 is 23.6 Å². The summed E-state index contributed by atoms with van der Waals surface area (Å²) in [7, 11) is 0. The first-order valence-corrected chi connectivity index (χ1v) is 11.8. The zero-order chi connectivity index (χ0) is 26.4. The summed E-state index contributed by atoms with van der Waals surface area (Å²) in [5.74, 6) is -0.522. The second-order valence-electron chi connectivity index (χ2n) is 8.65. The molecule has 1 aromatic heterocycles. The number of nitrogens with zero attached hydrogens (tertiary/aromatic N) is 2. The monoisotopic (exact) mass is 498 g/mol. The summed E-state index contributed by atoms with van der Waals surface area (Å²) in [4.78, 5) is 32.5. The highest BCUT2D eigenvalue weighted by Crippen LogP contribution is 2.26. The fraction of sp³-hybridized carbons (Fsp3) is 0.172. The van der Waals surface area contributed by atoms with Crippen LogP contribution in [0.25, 0.3) is 17.0 Å². The molecule has 7 nitrogen and oxygen atoms in total. The maximum Gasteiger partial charge on any atom is 0.248 e. The van der Waals surface area contributed by atoms with E-state index in [4.69, 9.17) is 4.84 Å². The minimum absolute atomic E-state index is 0.104. The van der Waals surface area contributed by atoms with Crippen molar-refractivity contribution in [3.05, 3.63) is 107 Å². The minimum atomic E-state index is -0.418. The highest BCUT2D eigenvalue weighted by molar-refractivity contribution is 5.99. The van der Waals surface area contributed by atoms with E-state index in [1.165, 1.54) is 6.07 Å². The van der Waals surface area contributed by atoms with Gasteiger partial charge in [-0.25, -0.2) is 4.39 Å². The van der Waals surface area contributed by atoms with E-state index in [1.807, 2.05) is 0 Å². The molecule has 0 bridgehead atoms. The number of pyridine rings is 1. The standard InChI is InChI=1S/C29H27FN4O3/c1-18-27(11-13-32-29(18)36)33-19(2)24-10-12-31-28(15-24)25-14-23(8-9-26(25)30)20(3)34-37-17-22-6-4-21(16-35)5-7-22/h4-10,12,14-16,33H,2,11,13,17H2,1,3H3,(H,32,36)/b34-20+. The van der Waals surface area contributed by atoms with Crippen LogP contribution in [0.5, 0.6) is 0 Å². The lowest BCUT2D eigenvalue weighted by atomic mass is 10.0. The van der Waals surface area contributed by atoms with E-state index in [1.54, 1.807) is 68.6 Å². The molecule has 0 spiro atoms. The van der Waals surface area contributed by atoms with Crippen molar-refractivity contribution in [2.24, 2.45) is 5.16 Å². The van der Waals surface area contributed by atoms with Crippen LogP contribution in [0.4, 0.5) is 4.39 Å². The molecule has 8 heteroatoms. The number of benzene rings is 2. The molecule has 3 aromatic rings. The lowest BCUT2D eigenvalue weighted by molar-refractivity contribution is -0.117. The quantitative estimate of drug-likeness (QED) is 0.246. The second-order valence-corrected chi connectivity index (χ2v) is 8.65. The molecule has 0 saturated carbocycles. The molecule has 1 aliphatic rings. The summed E-state index contributed by atoms with van der Waals surface area (Å²) >= 11 is 0. The van der Waals surface area contributed by atoms with Crippen LogP contribution in [-0.2, 0) is 16.2 Å². The summed E-state index contributed by atoms with van der Waals surface area (Å²) < 4.78 is 14.8. The smallest absolute Gasteiger partial charge is 0.248 e. The topological polar surface area (TPSA) is 92.7 Å². The molecule has 0 fully saturated rings. The average Bonchev–Trinajstić information content (AvgIpc) is 2.92. The van der Waals surface area contributed by atoms with Gasteiger partial charge in [-0.1, -0.05) is 42.1 Å². The van der Waals surface area contributed by atoms with E-state index in [0.717, 1.165) is 23.1 Å². The van der Waals surface area contributed by atoms with Crippen molar-refractivity contribution in [2.45, 2.75) is 26.9 Å². The summed E-state index contributed by atoms with van der Waals surface area (Å²) in [6.07, 6.45) is 3.06. The zero-order valence-corrected chi connectivity index (χ0v) is 20.7. The van der Waals surface area contributed by atoms with Gasteiger partial charge in [-0.15, -0.1) is 0 Å². The molecule has 0 saturated heterocycles. The lowest BCUT2D eigenvalue weighted by Crippen LogP contribution is -2.34. The SMILES string of the molecule is C=C(NC1=C(C)C(=O)NCC1)c1ccnc(-c2cc(/C(C)=N/OCc3ccc(C=O)cc3)ccc2F)c1. The average molecular weight is 499 g/mol. The molecule has 0 aliphatic carbocycles. The number of nitrogens with one attached hydrogen (secondary N) is 2. The maximum atomic E-state index is 14.8. The number of hydrogen-bond donors (Lipinski definition) is 2. The van der Waals surface area contributed by atoms with E-state index >= 15 is 0 Å². The number of aromatic nitrogens is 1. The summed E-state index contributed by atoms with van der Waals surface area (Å²) in [6, 6.07) is 15.2. The van der Waals surface area contributed by atoms with Gasteiger partial charge in [0.05, 0.1) is 11.4 Å². The third-order valence-corrected chi connectivity index (χ3v) is 6.07. The van der Waals surface area contributed by atoms with Crippen LogP contribution in [0.2, 0.25) is 0 Å². The number of aldehydes is 1. The van der Waals surface area contributed by atoms with Gasteiger partial charge in [-0.05, 0) is 49.2 Å². The fourth-order valence-electron chi connectivity index (χ4n) is 3.83. The van der Waals surface area contributed by atoms with Crippen LogP contribution in [0.15, 0.2) is 83.8 Å². The van der Waals surface area contributed by atoms with Crippen molar-refractivity contribution in [3.63, 3.8) is 0 Å². The summed E-state index contributed by atoms with van der Waals surface area (Å²) in [6.45, 7) is 8.43. The molecule has 0 atom stereocenters. The highest BCUT2D eigenvalue weighted by Gasteiger charge is 2.17. The Morgan fingerprint density at radius 3 is 2.73 bits per heavy atom. The Balaban J connectivity index is 1.50. The van der Waals surface area contributed by atoms with Gasteiger partial charge in [0, 0.05) is 52.8 Å². The van der Waals surface area contributed by atoms with Gasteiger partial charge in [0.15, 0.2) is 0 Å². The Bertz CT molecular complexity index is 1410. The van der Waals surface area contributed by atoms with E-state index < -0.39 is 5.82 Å². The molecule has 1 aliphatic heterocycles. The first-order chi connectivity index (χ1) is 17.9. The molecule has 188 valence electrons. The van der Waals surface area contributed by atoms with Crippen LogP contribution in [0.1, 0.15) is 47.3 Å². The number of halogens is 1. The van der Waals surface area contributed by atoms with E-state index in [-0.39, 0.29) is 12.5 Å². The van der Waals surface area contributed by atoms with Crippen LogP contribution < -0.4 is 10.6 Å². The molecule has 1 amide bonds. The van der Waals surface area contributed by atoms with E-state index in [2.05, 4.69) is 27.4 Å². The molecule has 4 rings (SSSR count). The number of hydrogen-bond acceptors (Lipinski definition) is 6. The van der Waals surface area contributed by atoms with Crippen molar-refractivity contribution in [1.82, 2.24) is 15.6 Å². The van der Waals surface area contributed by atoms with Gasteiger partial charge in [0.25, 0.3) is 0 Å². The number of oxime groups is 1. The predicted octanol–water partition coefficient (Wildman–Crippen LogP) is 5.00. The summed E-state index contributed by atoms with van der Waals surface area (Å²) in [5, 5.41) is 10.2. The van der Waals surface area contributed by atoms with Crippen LogP contribution >= 0.6 is 0 Å². The number of amides is 1. The fourth-order valence-corrected chi connectivity index (χ4v) is 3.83. The Kier molecular flexibility index (Phi) is 7.88. The predicted molar refractivity (Wildman–Crippen MR) is 141 cm³/mol. The molecule has 0 radical (unpaired) electrons. The summed E-state index contributed by atoms with van der Waals surface area (Å²) in [5.41, 5.74) is 6.24. The first kappa shape index (κ1) is 25.5. The highest BCUT2D eigenvalue weighted by atomic mass is 19.1. The third-order valence-electron chi connectivity index (χ3n) is 6.07. The maximum absolute atomic E-state index is 14.8. The van der Waals surface area contributed by atoms with Gasteiger partial charge in [-0.2, -0.15) is 0 Å². The number of carbonyl (C=O) groups excluding carboxylic acids is 2. The minimum Gasteiger partial charge on any atom is -0.391 e. The van der Waals surface area contributed by atoms with Crippen molar-refractivity contribution < 1.29 is 18.8 Å². The molecular weight excluding hydrogens is 471 g/mol. The molecular formula is C29H27FN4O3. The Morgan fingerprint density at radius 1 is 1.19 bits per heavy atom. The van der Waals surface area contributed by atoms with Crippen molar-refractivity contribution in [2.75, 3.05) is 6.54 Å². The molecule has 2 N–H and O–H groups in total. The van der Waals surface area contributed by atoms with Gasteiger partial charge in [0.1, 0.15) is 18.7 Å². The second kappa shape index (κ2) is 11.4. The Hall–Kier alpha value is -4.59. The Morgan fingerprint density at radius 2 is 1.97 bits per heavy atom. The first-order valence-electron chi connectivity index (χ1n) is 11.8. The van der Waals surface area contributed by atoms with Crippen LogP contribution in [0, 0.1) is 5.82 Å². The van der Waals surface area contributed by atoms with Crippen molar-refractivity contribution in [1.29, 1.82) is 0 Å². The van der Waals surface area contributed by atoms with Gasteiger partial charge < -0.3 is 15.5 Å². The largest absolute Gasteiger partial charge is 0.391 e. The van der Waals surface area contributed by atoms with E-state index in [9.17, 15) is 14.0 Å². The van der Waals surface area contributed by atoms with Gasteiger partial charge >= 0.3 is 0 Å². The molecule has 37 heavy (non-hydrogen) atoms. The van der Waals surface area contributed by atoms with Gasteiger partial charge in [0.2, 0.25) is 5.91 Å². The molecule has 2 aromatic carbocycles. The lowest BCUT2D eigenvalue weighted by Gasteiger charge is -2.21.